The topological polar surface area (TPSA) is 102 Å². The van der Waals surface area contributed by atoms with E-state index in [1.165, 1.54) is 10.6 Å². The summed E-state index contributed by atoms with van der Waals surface area (Å²) in [6, 6.07) is 4.63. The average Bonchev–Trinajstić information content (AvgIpc) is 3.05. The van der Waals surface area contributed by atoms with Gasteiger partial charge in [-0.2, -0.15) is 0 Å². The minimum atomic E-state index is -1.53. The van der Waals surface area contributed by atoms with Gasteiger partial charge < -0.3 is 19.5 Å². The third kappa shape index (κ3) is 2.46. The molecule has 8 heteroatoms. The van der Waals surface area contributed by atoms with Crippen molar-refractivity contribution in [1.82, 2.24) is 9.55 Å². The first-order valence-corrected chi connectivity index (χ1v) is 9.25. The summed E-state index contributed by atoms with van der Waals surface area (Å²) < 4.78 is 20.6. The van der Waals surface area contributed by atoms with Gasteiger partial charge in [-0.25, -0.2) is 14.2 Å². The lowest BCUT2D eigenvalue weighted by atomic mass is 9.96. The Labute approximate surface area is 164 Å². The number of aromatic nitrogens is 2. The average molecular weight is 396 g/mol. The molecule has 0 fully saturated rings. The third-order valence-electron chi connectivity index (χ3n) is 5.72. The summed E-state index contributed by atoms with van der Waals surface area (Å²) in [5, 5.41) is 20.5. The zero-order chi connectivity index (χ0) is 20.4. The van der Waals surface area contributed by atoms with E-state index in [0.29, 0.717) is 28.9 Å². The van der Waals surface area contributed by atoms with Gasteiger partial charge in [-0.3, -0.25) is 4.79 Å². The predicted molar refractivity (Wildman–Crippen MR) is 101 cm³/mol. The molecule has 1 aromatic carbocycles. The number of benzene rings is 1. The maximum atomic E-state index is 14.2. The summed E-state index contributed by atoms with van der Waals surface area (Å²) >= 11 is 0. The Balaban J connectivity index is 1.83. The van der Waals surface area contributed by atoms with Gasteiger partial charge in [0.2, 0.25) is 0 Å². The van der Waals surface area contributed by atoms with E-state index in [1.54, 1.807) is 19.1 Å². The maximum Gasteiger partial charge on any atom is 0.340 e. The highest BCUT2D eigenvalue weighted by atomic mass is 19.1. The van der Waals surface area contributed by atoms with Gasteiger partial charge >= 0.3 is 5.97 Å². The molecular formula is C21H17FN2O5. The van der Waals surface area contributed by atoms with E-state index in [-0.39, 0.29) is 42.3 Å². The van der Waals surface area contributed by atoms with E-state index in [0.717, 1.165) is 16.5 Å². The van der Waals surface area contributed by atoms with Crippen molar-refractivity contribution < 1.29 is 24.1 Å². The van der Waals surface area contributed by atoms with Crippen LogP contribution >= 0.6 is 0 Å². The minimum absolute atomic E-state index is 0.106. The number of fused-ring (bicyclic) bond motifs is 5. The van der Waals surface area contributed by atoms with Gasteiger partial charge in [0.25, 0.3) is 5.56 Å². The van der Waals surface area contributed by atoms with Crippen LogP contribution in [-0.4, -0.2) is 32.3 Å². The number of carbonyl (C=O) groups excluding carboxylic acids is 1. The number of aliphatic hydroxyl groups excluding tert-OH is 2. The summed E-state index contributed by atoms with van der Waals surface area (Å²) in [6.45, 7) is 1.61. The van der Waals surface area contributed by atoms with Crippen LogP contribution in [0.5, 0.6) is 0 Å². The normalized spacial score (nSPS) is 17.1. The number of aliphatic hydroxyl groups is 2. The van der Waals surface area contributed by atoms with Crippen molar-refractivity contribution in [3.8, 4) is 11.4 Å². The van der Waals surface area contributed by atoms with Crippen LogP contribution in [0.25, 0.3) is 22.3 Å². The Morgan fingerprint density at radius 2 is 2.07 bits per heavy atom. The van der Waals surface area contributed by atoms with Gasteiger partial charge in [0, 0.05) is 29.2 Å². The van der Waals surface area contributed by atoms with E-state index in [2.05, 4.69) is 4.98 Å². The van der Waals surface area contributed by atoms with E-state index in [1.807, 2.05) is 0 Å². The van der Waals surface area contributed by atoms with Crippen LogP contribution in [0.1, 0.15) is 33.9 Å². The molecule has 2 aliphatic rings. The Kier molecular flexibility index (Phi) is 3.84. The molecule has 3 aromatic rings. The summed E-state index contributed by atoms with van der Waals surface area (Å²) in [4.78, 5) is 29.3. The van der Waals surface area contributed by atoms with E-state index < -0.39 is 12.1 Å². The lowest BCUT2D eigenvalue weighted by Gasteiger charge is -2.21. The fourth-order valence-corrected chi connectivity index (χ4v) is 4.24. The van der Waals surface area contributed by atoms with Crippen LogP contribution in [0.3, 0.4) is 0 Å². The predicted octanol–water partition coefficient (Wildman–Crippen LogP) is 1.50. The molecule has 0 radical (unpaired) electrons. The molecule has 2 aliphatic heterocycles. The second-order valence-electron chi connectivity index (χ2n) is 7.37. The summed E-state index contributed by atoms with van der Waals surface area (Å²) in [5.41, 5.74) is 3.53. The molecule has 7 nitrogen and oxygen atoms in total. The Hall–Kier alpha value is -3.10. The Morgan fingerprint density at radius 3 is 2.83 bits per heavy atom. The van der Waals surface area contributed by atoms with Gasteiger partial charge in [-0.15, -0.1) is 0 Å². The highest BCUT2D eigenvalue weighted by Crippen LogP contribution is 2.38. The van der Waals surface area contributed by atoms with Crippen molar-refractivity contribution in [1.29, 1.82) is 0 Å². The number of hydrogen-bond acceptors (Lipinski definition) is 6. The standard InChI is InChI=1S/C21H17FN2O5/c1-9-4-11-10(2-3-25)13-7-24-17(18(13)23-16(11)6-15(9)22)5-12-14(20(24)27)8-29-21(28)19(12)26/h4-6,19,25-26H,2-3,7-8H2,1H3/t19-/m0/s1. The van der Waals surface area contributed by atoms with Crippen LogP contribution in [0, 0.1) is 12.7 Å². The molecule has 0 saturated carbocycles. The Bertz CT molecular complexity index is 1280. The molecule has 1 atom stereocenters. The lowest BCUT2D eigenvalue weighted by Crippen LogP contribution is -2.32. The number of pyridine rings is 2. The zero-order valence-corrected chi connectivity index (χ0v) is 15.5. The molecule has 0 amide bonds. The molecule has 0 saturated heterocycles. The molecular weight excluding hydrogens is 379 g/mol. The van der Waals surface area contributed by atoms with Crippen LogP contribution < -0.4 is 5.56 Å². The quantitative estimate of drug-likeness (QED) is 0.498. The number of esters is 1. The van der Waals surface area contributed by atoms with E-state index in [9.17, 15) is 24.2 Å². The molecule has 5 rings (SSSR count). The number of cyclic esters (lactones) is 1. The maximum absolute atomic E-state index is 14.2. The van der Waals surface area contributed by atoms with Crippen molar-refractivity contribution in [3.63, 3.8) is 0 Å². The fraction of sp³-hybridized carbons (Fsp3) is 0.286. The van der Waals surface area contributed by atoms with Gasteiger partial charge in [-0.05, 0) is 36.6 Å². The number of hydrogen-bond donors (Lipinski definition) is 2. The molecule has 29 heavy (non-hydrogen) atoms. The number of halogens is 1. The third-order valence-corrected chi connectivity index (χ3v) is 5.72. The first-order chi connectivity index (χ1) is 13.9. The lowest BCUT2D eigenvalue weighted by molar-refractivity contribution is -0.157. The summed E-state index contributed by atoms with van der Waals surface area (Å²) in [5.74, 6) is -1.19. The van der Waals surface area contributed by atoms with Gasteiger partial charge in [-0.1, -0.05) is 0 Å². The number of rotatable bonds is 2. The van der Waals surface area contributed by atoms with Gasteiger partial charge in [0.15, 0.2) is 6.10 Å². The molecule has 2 aromatic heterocycles. The van der Waals surface area contributed by atoms with Crippen molar-refractivity contribution in [2.45, 2.75) is 32.6 Å². The van der Waals surface area contributed by atoms with E-state index >= 15 is 0 Å². The van der Waals surface area contributed by atoms with Crippen molar-refractivity contribution in [3.05, 3.63) is 62.2 Å². The Morgan fingerprint density at radius 1 is 1.28 bits per heavy atom. The molecule has 0 aliphatic carbocycles. The van der Waals surface area contributed by atoms with Crippen molar-refractivity contribution in [2.24, 2.45) is 0 Å². The first-order valence-electron chi connectivity index (χ1n) is 9.25. The number of nitrogens with zero attached hydrogens (tertiary/aromatic N) is 2. The van der Waals surface area contributed by atoms with Gasteiger partial charge in [0.05, 0.1) is 29.0 Å². The molecule has 0 unspecified atom stereocenters. The van der Waals surface area contributed by atoms with E-state index in [4.69, 9.17) is 4.74 Å². The molecule has 0 bridgehead atoms. The summed E-state index contributed by atoms with van der Waals surface area (Å²) in [6.07, 6.45) is -1.20. The van der Waals surface area contributed by atoms with Crippen LogP contribution in [0.15, 0.2) is 23.0 Å². The highest BCUT2D eigenvalue weighted by molar-refractivity contribution is 5.89. The number of ether oxygens (including phenoxy) is 1. The monoisotopic (exact) mass is 396 g/mol. The smallest absolute Gasteiger partial charge is 0.340 e. The highest BCUT2D eigenvalue weighted by Gasteiger charge is 2.34. The largest absolute Gasteiger partial charge is 0.458 e. The SMILES string of the molecule is Cc1cc2c(CCO)c3c(nc2cc1F)-c1cc2c(c(=O)n1C3)COC(=O)[C@H]2O. The van der Waals surface area contributed by atoms with Crippen LogP contribution in [0.4, 0.5) is 4.39 Å². The molecule has 148 valence electrons. The second kappa shape index (κ2) is 6.20. The van der Waals surface area contributed by atoms with Crippen LogP contribution in [-0.2, 0) is 29.1 Å². The number of carbonyl (C=O) groups is 1. The van der Waals surface area contributed by atoms with Crippen LogP contribution in [0.2, 0.25) is 0 Å². The zero-order valence-electron chi connectivity index (χ0n) is 15.5. The van der Waals surface area contributed by atoms with Crippen molar-refractivity contribution in [2.75, 3.05) is 6.61 Å². The number of aryl methyl sites for hydroxylation is 1. The van der Waals surface area contributed by atoms with Crippen molar-refractivity contribution >= 4 is 16.9 Å². The molecule has 2 N–H and O–H groups in total. The minimum Gasteiger partial charge on any atom is -0.458 e. The summed E-state index contributed by atoms with van der Waals surface area (Å²) in [7, 11) is 0. The fourth-order valence-electron chi connectivity index (χ4n) is 4.24. The molecule has 0 spiro atoms. The first kappa shape index (κ1) is 18.0. The van der Waals surface area contributed by atoms with Gasteiger partial charge in [0.1, 0.15) is 12.4 Å². The second-order valence-corrected chi connectivity index (χ2v) is 7.37. The molecule has 4 heterocycles.